The number of halogens is 1. The van der Waals surface area contributed by atoms with Crippen LogP contribution in [0, 0.1) is 0 Å². The maximum atomic E-state index is 11.5. The van der Waals surface area contributed by atoms with Gasteiger partial charge in [-0.15, -0.1) is 12.4 Å². The number of nitrogens with one attached hydrogen (secondary N) is 1. The Hall–Kier alpha value is -0.120. The van der Waals surface area contributed by atoms with Gasteiger partial charge in [-0.05, 0) is 13.5 Å². The lowest BCUT2D eigenvalue weighted by Gasteiger charge is -2.20. The van der Waals surface area contributed by atoms with Crippen LogP contribution in [0.25, 0.3) is 0 Å². The molecule has 0 aromatic heterocycles. The molecular formula is C8H15ClN2O. The average Bonchev–Trinajstić information content (AvgIpc) is 2.46. The van der Waals surface area contributed by atoms with E-state index in [4.69, 9.17) is 0 Å². The van der Waals surface area contributed by atoms with Gasteiger partial charge in [-0.1, -0.05) is 0 Å². The normalized spacial score (nSPS) is 35.9. The summed E-state index contributed by atoms with van der Waals surface area (Å²) >= 11 is 0. The molecule has 12 heavy (non-hydrogen) atoms. The topological polar surface area (TPSA) is 32.3 Å². The number of carbonyl (C=O) groups is 1. The van der Waals surface area contributed by atoms with Crippen molar-refractivity contribution >= 4 is 18.2 Å². The summed E-state index contributed by atoms with van der Waals surface area (Å²) < 4.78 is 0. The van der Waals surface area contributed by atoms with E-state index >= 15 is 0 Å². The summed E-state index contributed by atoms with van der Waals surface area (Å²) in [6.07, 6.45) is 1.73. The van der Waals surface area contributed by atoms with Crippen LogP contribution in [0.3, 0.4) is 0 Å². The molecule has 0 bridgehead atoms. The van der Waals surface area contributed by atoms with Crippen LogP contribution in [0.5, 0.6) is 0 Å². The molecule has 1 unspecified atom stereocenters. The molecule has 0 aromatic carbocycles. The molecule has 1 N–H and O–H groups in total. The number of likely N-dealkylation sites (tertiary alicyclic amines) is 1. The fourth-order valence-corrected chi connectivity index (χ4v) is 2.13. The smallest absolute Gasteiger partial charge is 0.155 e. The van der Waals surface area contributed by atoms with Gasteiger partial charge in [0.15, 0.2) is 5.78 Å². The first-order chi connectivity index (χ1) is 5.23. The molecule has 0 radical (unpaired) electrons. The number of Topliss-reactive ketones (excluding diaryl/α,β-unsaturated/α-hetero) is 1. The van der Waals surface area contributed by atoms with Crippen LogP contribution >= 0.6 is 12.4 Å². The molecule has 1 spiro atoms. The third kappa shape index (κ3) is 1.37. The Balaban J connectivity index is 0.000000720. The van der Waals surface area contributed by atoms with Gasteiger partial charge in [-0.25, -0.2) is 0 Å². The second kappa shape index (κ2) is 3.32. The first-order valence-electron chi connectivity index (χ1n) is 4.20. The zero-order valence-corrected chi connectivity index (χ0v) is 8.12. The minimum Gasteiger partial charge on any atom is -0.304 e. The minimum absolute atomic E-state index is 0. The molecule has 2 fully saturated rings. The molecule has 2 saturated heterocycles. The van der Waals surface area contributed by atoms with Crippen molar-refractivity contribution in [3.05, 3.63) is 0 Å². The van der Waals surface area contributed by atoms with Crippen LogP contribution < -0.4 is 5.32 Å². The lowest BCUT2D eigenvalue weighted by Crippen LogP contribution is -2.47. The SMILES string of the molecule is CN1CCC2(C1)NCCC2=O.Cl. The summed E-state index contributed by atoms with van der Waals surface area (Å²) in [5.74, 6) is 0.418. The molecular weight excluding hydrogens is 176 g/mol. The lowest BCUT2D eigenvalue weighted by molar-refractivity contribution is -0.121. The molecule has 3 nitrogen and oxygen atoms in total. The van der Waals surface area contributed by atoms with Crippen LogP contribution in [0.2, 0.25) is 0 Å². The molecule has 0 aromatic rings. The van der Waals surface area contributed by atoms with Crippen molar-refractivity contribution in [2.24, 2.45) is 0 Å². The highest BCUT2D eigenvalue weighted by Crippen LogP contribution is 2.25. The largest absolute Gasteiger partial charge is 0.304 e. The number of carbonyl (C=O) groups excluding carboxylic acids is 1. The molecule has 0 aliphatic carbocycles. The minimum atomic E-state index is -0.144. The summed E-state index contributed by atoms with van der Waals surface area (Å²) in [6, 6.07) is 0. The third-order valence-electron chi connectivity index (χ3n) is 2.81. The molecule has 2 aliphatic rings. The number of ketones is 1. The maximum absolute atomic E-state index is 11.5. The summed E-state index contributed by atoms with van der Waals surface area (Å²) in [5.41, 5.74) is -0.144. The van der Waals surface area contributed by atoms with E-state index in [1.807, 2.05) is 0 Å². The Kier molecular flexibility index (Phi) is 2.76. The molecule has 1 atom stereocenters. The third-order valence-corrected chi connectivity index (χ3v) is 2.81. The molecule has 2 aliphatic heterocycles. The quantitative estimate of drug-likeness (QED) is 0.586. The molecule has 0 amide bonds. The second-order valence-corrected chi connectivity index (χ2v) is 3.67. The van der Waals surface area contributed by atoms with E-state index in [9.17, 15) is 4.79 Å². The van der Waals surface area contributed by atoms with Crippen molar-refractivity contribution in [2.75, 3.05) is 26.7 Å². The van der Waals surface area contributed by atoms with Crippen molar-refractivity contribution in [1.82, 2.24) is 10.2 Å². The van der Waals surface area contributed by atoms with E-state index in [0.29, 0.717) is 5.78 Å². The van der Waals surface area contributed by atoms with E-state index in [1.54, 1.807) is 0 Å². The number of hydrogen-bond donors (Lipinski definition) is 1. The van der Waals surface area contributed by atoms with Gasteiger partial charge in [-0.3, -0.25) is 4.79 Å². The van der Waals surface area contributed by atoms with Gasteiger partial charge < -0.3 is 10.2 Å². The molecule has 0 saturated carbocycles. The van der Waals surface area contributed by atoms with Gasteiger partial charge in [0.2, 0.25) is 0 Å². The Morgan fingerprint density at radius 2 is 2.33 bits per heavy atom. The summed E-state index contributed by atoms with van der Waals surface area (Å²) in [4.78, 5) is 13.7. The van der Waals surface area contributed by atoms with E-state index in [1.165, 1.54) is 0 Å². The first-order valence-corrected chi connectivity index (χ1v) is 4.20. The predicted octanol–water partition coefficient (Wildman–Crippen LogP) is 0.0449. The molecule has 4 heteroatoms. The van der Waals surface area contributed by atoms with Gasteiger partial charge in [0, 0.05) is 26.1 Å². The molecule has 2 rings (SSSR count). The summed E-state index contributed by atoms with van der Waals surface area (Å²) in [6.45, 7) is 2.84. The fraction of sp³-hybridized carbons (Fsp3) is 0.875. The first kappa shape index (κ1) is 9.96. The fourth-order valence-electron chi connectivity index (χ4n) is 2.13. The van der Waals surface area contributed by atoms with Crippen molar-refractivity contribution in [3.63, 3.8) is 0 Å². The van der Waals surface area contributed by atoms with Crippen molar-refractivity contribution in [2.45, 2.75) is 18.4 Å². The van der Waals surface area contributed by atoms with Crippen LogP contribution in [0.1, 0.15) is 12.8 Å². The van der Waals surface area contributed by atoms with E-state index < -0.39 is 0 Å². The summed E-state index contributed by atoms with van der Waals surface area (Å²) in [5, 5.41) is 3.32. The average molecular weight is 191 g/mol. The number of likely N-dealkylation sites (N-methyl/N-ethyl adjacent to an activating group) is 1. The van der Waals surface area contributed by atoms with Crippen LogP contribution in [0.15, 0.2) is 0 Å². The second-order valence-electron chi connectivity index (χ2n) is 3.67. The van der Waals surface area contributed by atoms with Gasteiger partial charge >= 0.3 is 0 Å². The Morgan fingerprint density at radius 3 is 2.75 bits per heavy atom. The number of hydrogen-bond acceptors (Lipinski definition) is 3. The molecule has 70 valence electrons. The zero-order valence-electron chi connectivity index (χ0n) is 7.30. The zero-order chi connectivity index (χ0) is 7.90. The highest BCUT2D eigenvalue weighted by molar-refractivity contribution is 5.91. The van der Waals surface area contributed by atoms with Crippen molar-refractivity contribution in [1.29, 1.82) is 0 Å². The Morgan fingerprint density at radius 1 is 1.58 bits per heavy atom. The lowest BCUT2D eigenvalue weighted by atomic mass is 9.95. The number of rotatable bonds is 0. The van der Waals surface area contributed by atoms with Crippen molar-refractivity contribution < 1.29 is 4.79 Å². The van der Waals surface area contributed by atoms with Gasteiger partial charge in [-0.2, -0.15) is 0 Å². The van der Waals surface area contributed by atoms with E-state index in [2.05, 4.69) is 17.3 Å². The standard InChI is InChI=1S/C8H14N2O.ClH/c1-10-5-3-8(6-10)7(11)2-4-9-8;/h9H,2-6H2,1H3;1H. The highest BCUT2D eigenvalue weighted by atomic mass is 35.5. The Labute approximate surface area is 78.9 Å². The van der Waals surface area contributed by atoms with Gasteiger partial charge in [0.25, 0.3) is 0 Å². The molecule has 2 heterocycles. The summed E-state index contributed by atoms with van der Waals surface area (Å²) in [7, 11) is 2.07. The van der Waals surface area contributed by atoms with E-state index in [0.717, 1.165) is 32.5 Å². The number of nitrogens with zero attached hydrogens (tertiary/aromatic N) is 1. The van der Waals surface area contributed by atoms with Crippen LogP contribution in [-0.4, -0.2) is 42.9 Å². The van der Waals surface area contributed by atoms with Crippen LogP contribution in [0.4, 0.5) is 0 Å². The van der Waals surface area contributed by atoms with Crippen molar-refractivity contribution in [3.8, 4) is 0 Å². The predicted molar refractivity (Wildman–Crippen MR) is 49.7 cm³/mol. The monoisotopic (exact) mass is 190 g/mol. The van der Waals surface area contributed by atoms with Gasteiger partial charge in [0.1, 0.15) is 0 Å². The van der Waals surface area contributed by atoms with Crippen LogP contribution in [-0.2, 0) is 4.79 Å². The van der Waals surface area contributed by atoms with Gasteiger partial charge in [0.05, 0.1) is 5.54 Å². The van der Waals surface area contributed by atoms with E-state index in [-0.39, 0.29) is 17.9 Å². The maximum Gasteiger partial charge on any atom is 0.155 e. The Bertz CT molecular complexity index is 197. The highest BCUT2D eigenvalue weighted by Gasteiger charge is 2.45.